The number of sulfonamides is 1. The molecule has 0 saturated heterocycles. The molecule has 8 nitrogen and oxygen atoms in total. The Balaban J connectivity index is 1.89. The van der Waals surface area contributed by atoms with Crippen molar-refractivity contribution in [2.24, 2.45) is 5.92 Å². The van der Waals surface area contributed by atoms with Crippen LogP contribution in [-0.2, 0) is 26.2 Å². The second kappa shape index (κ2) is 10.2. The minimum atomic E-state index is -4.14. The minimum Gasteiger partial charge on any atom is -0.354 e. The third-order valence-corrected chi connectivity index (χ3v) is 7.24. The van der Waals surface area contributed by atoms with Gasteiger partial charge in [-0.3, -0.25) is 14.4 Å². The van der Waals surface area contributed by atoms with Gasteiger partial charge in [0.05, 0.1) is 5.56 Å². The van der Waals surface area contributed by atoms with Crippen LogP contribution in [0.5, 0.6) is 0 Å². The molecule has 1 N–H and O–H groups in total. The summed E-state index contributed by atoms with van der Waals surface area (Å²) in [5, 5.41) is 2.86. The SMILES string of the molecule is CCC(C(=O)NCC(C)C)N(Cc1ccccc1)C(=O)CN1C(=O)c2ccccc2S1(=O)=O. The summed E-state index contributed by atoms with van der Waals surface area (Å²) in [6.07, 6.45) is 0.337. The third kappa shape index (κ3) is 5.24. The van der Waals surface area contributed by atoms with E-state index in [0.717, 1.165) is 5.56 Å². The van der Waals surface area contributed by atoms with Crippen molar-refractivity contribution < 1.29 is 22.8 Å². The Kier molecular flexibility index (Phi) is 7.53. The molecule has 33 heavy (non-hydrogen) atoms. The zero-order chi connectivity index (χ0) is 24.2. The van der Waals surface area contributed by atoms with E-state index in [2.05, 4.69) is 5.32 Å². The normalized spacial score (nSPS) is 15.3. The van der Waals surface area contributed by atoms with Crippen molar-refractivity contribution in [1.82, 2.24) is 14.5 Å². The summed E-state index contributed by atoms with van der Waals surface area (Å²) in [7, 11) is -4.14. The van der Waals surface area contributed by atoms with Crippen LogP contribution in [0.1, 0.15) is 43.1 Å². The molecule has 0 aromatic heterocycles. The topological polar surface area (TPSA) is 104 Å². The standard InChI is InChI=1S/C24H29N3O5S/c1-4-20(23(29)25-14-17(2)3)26(15-18-10-6-5-7-11-18)22(28)16-27-24(30)19-12-8-9-13-21(19)33(27,31)32/h5-13,17,20H,4,14-16H2,1-3H3,(H,25,29). The molecule has 0 spiro atoms. The highest BCUT2D eigenvalue weighted by atomic mass is 32.2. The lowest BCUT2D eigenvalue weighted by molar-refractivity contribution is -0.141. The zero-order valence-corrected chi connectivity index (χ0v) is 19.8. The van der Waals surface area contributed by atoms with Crippen molar-refractivity contribution in [3.8, 4) is 0 Å². The fraction of sp³-hybridized carbons (Fsp3) is 0.375. The number of fused-ring (bicyclic) bond motifs is 1. The maximum atomic E-state index is 13.4. The second-order valence-corrected chi connectivity index (χ2v) is 10.2. The molecule has 0 saturated carbocycles. The Morgan fingerprint density at radius 1 is 1.03 bits per heavy atom. The van der Waals surface area contributed by atoms with Gasteiger partial charge in [-0.2, -0.15) is 0 Å². The summed E-state index contributed by atoms with van der Waals surface area (Å²) >= 11 is 0. The maximum absolute atomic E-state index is 13.4. The van der Waals surface area contributed by atoms with Crippen LogP contribution in [0.25, 0.3) is 0 Å². The number of benzene rings is 2. The summed E-state index contributed by atoms with van der Waals surface area (Å²) in [4.78, 5) is 40.4. The van der Waals surface area contributed by atoms with Gasteiger partial charge >= 0.3 is 0 Å². The second-order valence-electron chi connectivity index (χ2n) is 8.38. The van der Waals surface area contributed by atoms with Gasteiger partial charge < -0.3 is 10.2 Å². The third-order valence-electron chi connectivity index (χ3n) is 5.46. The summed E-state index contributed by atoms with van der Waals surface area (Å²) in [6.45, 7) is 5.62. The van der Waals surface area contributed by atoms with Crippen molar-refractivity contribution >= 4 is 27.7 Å². The predicted octanol–water partition coefficient (Wildman–Crippen LogP) is 2.41. The zero-order valence-electron chi connectivity index (χ0n) is 19.0. The Morgan fingerprint density at radius 3 is 2.27 bits per heavy atom. The van der Waals surface area contributed by atoms with Crippen molar-refractivity contribution in [3.63, 3.8) is 0 Å². The fourth-order valence-electron chi connectivity index (χ4n) is 3.72. The molecule has 176 valence electrons. The monoisotopic (exact) mass is 471 g/mol. The quantitative estimate of drug-likeness (QED) is 0.605. The first kappa shape index (κ1) is 24.4. The summed E-state index contributed by atoms with van der Waals surface area (Å²) in [5.74, 6) is -1.43. The van der Waals surface area contributed by atoms with Crippen molar-refractivity contribution in [3.05, 3.63) is 65.7 Å². The molecule has 1 aliphatic rings. The Labute approximate surface area is 194 Å². The average molecular weight is 472 g/mol. The van der Waals surface area contributed by atoms with Gasteiger partial charge in [0.25, 0.3) is 15.9 Å². The molecule has 0 radical (unpaired) electrons. The van der Waals surface area contributed by atoms with Gasteiger partial charge in [-0.15, -0.1) is 0 Å². The number of hydrogen-bond donors (Lipinski definition) is 1. The summed E-state index contributed by atoms with van der Waals surface area (Å²) < 4.78 is 26.4. The van der Waals surface area contributed by atoms with Gasteiger partial charge in [-0.25, -0.2) is 12.7 Å². The van der Waals surface area contributed by atoms with Crippen LogP contribution in [0.4, 0.5) is 0 Å². The first-order chi connectivity index (χ1) is 15.7. The molecule has 3 amide bonds. The van der Waals surface area contributed by atoms with E-state index in [1.165, 1.54) is 23.1 Å². The Morgan fingerprint density at radius 2 is 1.67 bits per heavy atom. The number of rotatable bonds is 9. The molecule has 1 heterocycles. The van der Waals surface area contributed by atoms with Crippen LogP contribution < -0.4 is 5.32 Å². The van der Waals surface area contributed by atoms with E-state index in [4.69, 9.17) is 0 Å². The smallest absolute Gasteiger partial charge is 0.269 e. The summed E-state index contributed by atoms with van der Waals surface area (Å²) in [6, 6.07) is 14.2. The van der Waals surface area contributed by atoms with Gasteiger partial charge in [0.15, 0.2) is 0 Å². The van der Waals surface area contributed by atoms with Crippen molar-refractivity contribution in [2.75, 3.05) is 13.1 Å². The molecular weight excluding hydrogens is 442 g/mol. The molecule has 1 aliphatic heterocycles. The van der Waals surface area contributed by atoms with Crippen LogP contribution in [0.3, 0.4) is 0 Å². The Bertz CT molecular complexity index is 1130. The molecule has 1 atom stereocenters. The molecule has 0 fully saturated rings. The van der Waals surface area contributed by atoms with Gasteiger partial charge in [-0.05, 0) is 30.0 Å². The molecule has 1 unspecified atom stereocenters. The average Bonchev–Trinajstić information content (AvgIpc) is 2.99. The van der Waals surface area contributed by atoms with E-state index in [0.29, 0.717) is 17.3 Å². The lowest BCUT2D eigenvalue weighted by Gasteiger charge is -2.32. The predicted molar refractivity (Wildman–Crippen MR) is 124 cm³/mol. The van der Waals surface area contributed by atoms with Crippen molar-refractivity contribution in [1.29, 1.82) is 0 Å². The van der Waals surface area contributed by atoms with E-state index >= 15 is 0 Å². The van der Waals surface area contributed by atoms with Crippen LogP contribution in [0, 0.1) is 5.92 Å². The fourth-order valence-corrected chi connectivity index (χ4v) is 5.24. The molecule has 0 aliphatic carbocycles. The highest BCUT2D eigenvalue weighted by molar-refractivity contribution is 7.90. The van der Waals surface area contributed by atoms with E-state index < -0.39 is 34.4 Å². The first-order valence-electron chi connectivity index (χ1n) is 10.9. The number of hydrogen-bond acceptors (Lipinski definition) is 5. The van der Waals surface area contributed by atoms with E-state index in [1.807, 2.05) is 44.2 Å². The Hall–Kier alpha value is -3.20. The van der Waals surface area contributed by atoms with Crippen LogP contribution in [-0.4, -0.2) is 54.5 Å². The highest BCUT2D eigenvalue weighted by Crippen LogP contribution is 2.30. The lowest BCUT2D eigenvalue weighted by atomic mass is 10.1. The lowest BCUT2D eigenvalue weighted by Crippen LogP contribution is -2.52. The minimum absolute atomic E-state index is 0.0432. The number of amides is 3. The van der Waals surface area contributed by atoms with E-state index in [1.54, 1.807) is 13.0 Å². The van der Waals surface area contributed by atoms with E-state index in [9.17, 15) is 22.8 Å². The van der Waals surface area contributed by atoms with Gasteiger partial charge in [-0.1, -0.05) is 63.2 Å². The van der Waals surface area contributed by atoms with Gasteiger partial charge in [0, 0.05) is 13.1 Å². The molecule has 2 aromatic carbocycles. The number of nitrogens with zero attached hydrogens (tertiary/aromatic N) is 2. The van der Waals surface area contributed by atoms with Gasteiger partial charge in [0.1, 0.15) is 17.5 Å². The number of carbonyl (C=O) groups is 3. The van der Waals surface area contributed by atoms with Crippen molar-refractivity contribution in [2.45, 2.75) is 44.7 Å². The molecule has 0 bridgehead atoms. The molecule has 9 heteroatoms. The summed E-state index contributed by atoms with van der Waals surface area (Å²) in [5.41, 5.74) is 0.835. The number of carbonyl (C=O) groups excluding carboxylic acids is 3. The molecule has 2 aromatic rings. The van der Waals surface area contributed by atoms with E-state index in [-0.39, 0.29) is 28.8 Å². The van der Waals surface area contributed by atoms with Crippen LogP contribution in [0.15, 0.2) is 59.5 Å². The number of nitrogens with one attached hydrogen (secondary N) is 1. The van der Waals surface area contributed by atoms with Gasteiger partial charge in [0.2, 0.25) is 11.8 Å². The largest absolute Gasteiger partial charge is 0.354 e. The molecular formula is C24H29N3O5S. The first-order valence-corrected chi connectivity index (χ1v) is 12.4. The maximum Gasteiger partial charge on any atom is 0.269 e. The van der Waals surface area contributed by atoms with Crippen LogP contribution in [0.2, 0.25) is 0 Å². The van der Waals surface area contributed by atoms with Crippen LogP contribution >= 0.6 is 0 Å². The highest BCUT2D eigenvalue weighted by Gasteiger charge is 2.43. The molecule has 3 rings (SSSR count).